The molecule has 0 aromatic heterocycles. The van der Waals surface area contributed by atoms with E-state index in [1.807, 2.05) is 12.1 Å². The van der Waals surface area contributed by atoms with Gasteiger partial charge in [0.05, 0.1) is 6.07 Å². The topological polar surface area (TPSA) is 52.9 Å². The van der Waals surface area contributed by atoms with Crippen LogP contribution in [0.1, 0.15) is 10.4 Å². The molecule has 0 spiro atoms. The Morgan fingerprint density at radius 1 is 1.44 bits per heavy atom. The van der Waals surface area contributed by atoms with E-state index in [4.69, 9.17) is 16.9 Å². The number of carbonyl (C=O) groups is 1. The van der Waals surface area contributed by atoms with Gasteiger partial charge in [-0.3, -0.25) is 4.79 Å². The Balaban J connectivity index is 2.54. The molecule has 1 amide bonds. The Hall–Kier alpha value is -1.79. The number of nitriles is 1. The largest absolute Gasteiger partial charge is 0.348 e. The predicted octanol–water partition coefficient (Wildman–Crippen LogP) is 2.11. The van der Waals surface area contributed by atoms with Crippen molar-refractivity contribution in [2.45, 2.75) is 0 Å². The van der Waals surface area contributed by atoms with Crippen molar-refractivity contribution < 1.29 is 4.79 Å². The zero-order chi connectivity index (χ0) is 11.8. The highest BCUT2D eigenvalue weighted by atomic mass is 35.5. The van der Waals surface area contributed by atoms with Gasteiger partial charge >= 0.3 is 0 Å². The highest BCUT2D eigenvalue weighted by Gasteiger charge is 2.04. The van der Waals surface area contributed by atoms with Crippen LogP contribution in [0, 0.1) is 11.3 Å². The van der Waals surface area contributed by atoms with Gasteiger partial charge in [-0.2, -0.15) is 5.26 Å². The van der Waals surface area contributed by atoms with Crippen molar-refractivity contribution in [1.29, 1.82) is 5.26 Å². The molecule has 0 fully saturated rings. The summed E-state index contributed by atoms with van der Waals surface area (Å²) < 4.78 is 0. The lowest BCUT2D eigenvalue weighted by Crippen LogP contribution is -2.25. The minimum atomic E-state index is -0.172. The summed E-state index contributed by atoms with van der Waals surface area (Å²) in [5.41, 5.74) is 1.28. The highest BCUT2D eigenvalue weighted by molar-refractivity contribution is 6.19. The zero-order valence-electron chi connectivity index (χ0n) is 8.61. The molecule has 1 aromatic rings. The average molecular weight is 235 g/mol. The van der Waals surface area contributed by atoms with Crippen molar-refractivity contribution in [3.8, 4) is 6.07 Å². The van der Waals surface area contributed by atoms with Crippen LogP contribution in [0.4, 0.5) is 0 Å². The number of rotatable bonds is 4. The first-order valence-corrected chi connectivity index (χ1v) is 5.28. The molecule has 0 saturated carbocycles. The van der Waals surface area contributed by atoms with Crippen molar-refractivity contribution >= 4 is 17.5 Å². The van der Waals surface area contributed by atoms with Gasteiger partial charge in [0.15, 0.2) is 0 Å². The molecule has 0 aliphatic heterocycles. The van der Waals surface area contributed by atoms with E-state index in [2.05, 4.69) is 5.32 Å². The summed E-state index contributed by atoms with van der Waals surface area (Å²) in [6, 6.07) is 10.8. The summed E-state index contributed by atoms with van der Waals surface area (Å²) in [7, 11) is 0. The van der Waals surface area contributed by atoms with Crippen LogP contribution in [0.5, 0.6) is 0 Å². The number of nitrogens with zero attached hydrogens (tertiary/aromatic N) is 1. The van der Waals surface area contributed by atoms with Crippen LogP contribution in [-0.2, 0) is 0 Å². The molecule has 16 heavy (non-hydrogen) atoms. The summed E-state index contributed by atoms with van der Waals surface area (Å²) in [5, 5.41) is 11.1. The minimum absolute atomic E-state index is 0.172. The molecule has 0 bridgehead atoms. The lowest BCUT2D eigenvalue weighted by atomic mass is 10.2. The highest BCUT2D eigenvalue weighted by Crippen LogP contribution is 2.00. The van der Waals surface area contributed by atoms with E-state index in [9.17, 15) is 4.79 Å². The van der Waals surface area contributed by atoms with Crippen molar-refractivity contribution in [3.05, 3.63) is 47.5 Å². The van der Waals surface area contributed by atoms with Crippen LogP contribution in [-0.4, -0.2) is 18.3 Å². The van der Waals surface area contributed by atoms with Crippen molar-refractivity contribution in [1.82, 2.24) is 5.32 Å². The van der Waals surface area contributed by atoms with Gasteiger partial charge in [-0.15, -0.1) is 11.6 Å². The molecule has 0 radical (unpaired) electrons. The SMILES string of the molecule is N#C/C=C(/CCl)CNC(=O)c1ccccc1. The van der Waals surface area contributed by atoms with Crippen molar-refractivity contribution in [2.24, 2.45) is 0 Å². The van der Waals surface area contributed by atoms with Crippen LogP contribution in [0.15, 0.2) is 42.0 Å². The van der Waals surface area contributed by atoms with E-state index >= 15 is 0 Å². The minimum Gasteiger partial charge on any atom is -0.348 e. The molecule has 1 N–H and O–H groups in total. The average Bonchev–Trinajstić information content (AvgIpc) is 2.35. The van der Waals surface area contributed by atoms with Gasteiger partial charge in [0, 0.05) is 24.1 Å². The summed E-state index contributed by atoms with van der Waals surface area (Å²) in [6.07, 6.45) is 1.35. The molecule has 0 aliphatic rings. The van der Waals surface area contributed by atoms with E-state index in [-0.39, 0.29) is 11.8 Å². The predicted molar refractivity (Wildman–Crippen MR) is 63.2 cm³/mol. The van der Waals surface area contributed by atoms with Gasteiger partial charge < -0.3 is 5.32 Å². The number of amides is 1. The van der Waals surface area contributed by atoms with Crippen LogP contribution < -0.4 is 5.32 Å². The van der Waals surface area contributed by atoms with Gasteiger partial charge in [0.25, 0.3) is 5.91 Å². The van der Waals surface area contributed by atoms with E-state index in [0.29, 0.717) is 17.7 Å². The maximum absolute atomic E-state index is 11.6. The third-order valence-electron chi connectivity index (χ3n) is 1.95. The first-order chi connectivity index (χ1) is 7.77. The Labute approximate surface area is 99.3 Å². The Morgan fingerprint density at radius 2 is 2.12 bits per heavy atom. The standard InChI is InChI=1S/C12H11ClN2O/c13-8-10(6-7-14)9-15-12(16)11-4-2-1-3-5-11/h1-6H,8-9H2,(H,15,16)/b10-6-. The Morgan fingerprint density at radius 3 is 2.69 bits per heavy atom. The molecular formula is C12H11ClN2O. The molecule has 0 heterocycles. The van der Waals surface area contributed by atoms with E-state index in [1.54, 1.807) is 24.3 Å². The Kier molecular flexibility index (Phi) is 5.10. The lowest BCUT2D eigenvalue weighted by Gasteiger charge is -2.05. The van der Waals surface area contributed by atoms with Gasteiger partial charge in [0.1, 0.15) is 0 Å². The summed E-state index contributed by atoms with van der Waals surface area (Å²) in [4.78, 5) is 11.6. The smallest absolute Gasteiger partial charge is 0.251 e. The fourth-order valence-corrected chi connectivity index (χ4v) is 1.29. The molecule has 0 aliphatic carbocycles. The third kappa shape index (κ3) is 3.76. The second kappa shape index (κ2) is 6.65. The fraction of sp³-hybridized carbons (Fsp3) is 0.167. The van der Waals surface area contributed by atoms with Crippen molar-refractivity contribution in [3.63, 3.8) is 0 Å². The van der Waals surface area contributed by atoms with Crippen LogP contribution in [0.25, 0.3) is 0 Å². The molecule has 1 rings (SSSR count). The van der Waals surface area contributed by atoms with Gasteiger partial charge in [-0.05, 0) is 17.7 Å². The normalized spacial score (nSPS) is 10.6. The number of nitrogens with one attached hydrogen (secondary N) is 1. The summed E-state index contributed by atoms with van der Waals surface area (Å²) in [5.74, 6) is 0.0670. The first-order valence-electron chi connectivity index (χ1n) is 4.74. The number of halogens is 1. The van der Waals surface area contributed by atoms with E-state index in [0.717, 1.165) is 0 Å². The second-order valence-corrected chi connectivity index (χ2v) is 3.38. The number of hydrogen-bond donors (Lipinski definition) is 1. The van der Waals surface area contributed by atoms with Crippen molar-refractivity contribution in [2.75, 3.05) is 12.4 Å². The molecule has 0 saturated heterocycles. The molecule has 1 aromatic carbocycles. The monoisotopic (exact) mass is 234 g/mol. The fourth-order valence-electron chi connectivity index (χ4n) is 1.11. The van der Waals surface area contributed by atoms with Crippen LogP contribution in [0.3, 0.4) is 0 Å². The first kappa shape index (κ1) is 12.3. The van der Waals surface area contributed by atoms with Gasteiger partial charge in [0.2, 0.25) is 0 Å². The number of allylic oxidation sites excluding steroid dienone is 1. The zero-order valence-corrected chi connectivity index (χ0v) is 9.37. The quantitative estimate of drug-likeness (QED) is 0.641. The van der Waals surface area contributed by atoms with Crippen LogP contribution in [0.2, 0.25) is 0 Å². The molecule has 0 atom stereocenters. The number of carbonyl (C=O) groups excluding carboxylic acids is 1. The van der Waals surface area contributed by atoms with E-state index < -0.39 is 0 Å². The molecule has 4 heteroatoms. The van der Waals surface area contributed by atoms with Crippen LogP contribution >= 0.6 is 11.6 Å². The summed E-state index contributed by atoms with van der Waals surface area (Å²) >= 11 is 5.61. The molecule has 0 unspecified atom stereocenters. The maximum atomic E-state index is 11.6. The maximum Gasteiger partial charge on any atom is 0.251 e. The number of benzene rings is 1. The number of alkyl halides is 1. The second-order valence-electron chi connectivity index (χ2n) is 3.11. The Bertz CT molecular complexity index is 420. The lowest BCUT2D eigenvalue weighted by molar-refractivity contribution is 0.0957. The summed E-state index contributed by atoms with van der Waals surface area (Å²) in [6.45, 7) is 0.296. The number of hydrogen-bond acceptors (Lipinski definition) is 2. The molecular weight excluding hydrogens is 224 g/mol. The molecule has 3 nitrogen and oxygen atoms in total. The van der Waals surface area contributed by atoms with E-state index in [1.165, 1.54) is 6.08 Å². The molecule has 82 valence electrons. The van der Waals surface area contributed by atoms with Gasteiger partial charge in [-0.1, -0.05) is 18.2 Å². The van der Waals surface area contributed by atoms with Gasteiger partial charge in [-0.25, -0.2) is 0 Å². The third-order valence-corrected chi connectivity index (χ3v) is 2.30.